The van der Waals surface area contributed by atoms with Gasteiger partial charge in [0, 0.05) is 5.02 Å². The summed E-state index contributed by atoms with van der Waals surface area (Å²) in [6.45, 7) is 0. The predicted molar refractivity (Wildman–Crippen MR) is 101 cm³/mol. The van der Waals surface area contributed by atoms with Gasteiger partial charge < -0.3 is 0 Å². The van der Waals surface area contributed by atoms with Gasteiger partial charge in [-0.25, -0.2) is 12.8 Å². The Morgan fingerprint density at radius 1 is 0.889 bits per heavy atom. The number of rotatable bonds is 5. The first-order valence-electron chi connectivity index (χ1n) is 7.79. The summed E-state index contributed by atoms with van der Waals surface area (Å²) in [5.41, 5.74) is 3.15. The zero-order valence-corrected chi connectivity index (χ0v) is 15.4. The van der Waals surface area contributed by atoms with E-state index in [9.17, 15) is 17.6 Å². The zero-order chi connectivity index (χ0) is 19.4. The number of benzene rings is 3. The van der Waals surface area contributed by atoms with Gasteiger partial charge >= 0.3 is 0 Å². The Morgan fingerprint density at radius 3 is 2.33 bits per heavy atom. The molecule has 0 aliphatic rings. The van der Waals surface area contributed by atoms with Crippen LogP contribution < -0.4 is 10.3 Å². The van der Waals surface area contributed by atoms with Gasteiger partial charge in [-0.15, -0.1) is 4.83 Å². The number of hydrogen-bond donors (Lipinski definition) is 2. The lowest BCUT2D eigenvalue weighted by Gasteiger charge is -2.10. The largest absolute Gasteiger partial charge is 0.273 e. The van der Waals surface area contributed by atoms with E-state index in [1.807, 2.05) is 40.6 Å². The number of halogens is 2. The fraction of sp³-hybridized carbons (Fsp3) is 0. The Bertz CT molecular complexity index is 1090. The fourth-order valence-corrected chi connectivity index (χ4v) is 3.52. The van der Waals surface area contributed by atoms with Gasteiger partial charge in [0.05, 0.1) is 10.5 Å². The number of nitrogens with one attached hydrogen (secondary N) is 2. The van der Waals surface area contributed by atoms with E-state index >= 15 is 0 Å². The molecule has 3 rings (SSSR count). The summed E-state index contributed by atoms with van der Waals surface area (Å²) in [5.74, 6) is -1.69. The summed E-state index contributed by atoms with van der Waals surface area (Å²) < 4.78 is 38.5. The number of amides is 1. The Labute approximate surface area is 160 Å². The Morgan fingerprint density at radius 2 is 1.63 bits per heavy atom. The van der Waals surface area contributed by atoms with E-state index in [0.29, 0.717) is 5.56 Å². The topological polar surface area (TPSA) is 75.3 Å². The molecule has 0 aliphatic carbocycles. The highest BCUT2D eigenvalue weighted by Crippen LogP contribution is 2.22. The van der Waals surface area contributed by atoms with Crippen molar-refractivity contribution in [2.24, 2.45) is 0 Å². The van der Waals surface area contributed by atoms with E-state index in [-0.39, 0.29) is 15.5 Å². The minimum absolute atomic E-state index is 0.131. The first kappa shape index (κ1) is 19.0. The van der Waals surface area contributed by atoms with Gasteiger partial charge in [-0.05, 0) is 41.5 Å². The molecule has 3 aromatic rings. The summed E-state index contributed by atoms with van der Waals surface area (Å²) in [4.78, 5) is 14.1. The third-order valence-electron chi connectivity index (χ3n) is 3.72. The molecule has 0 radical (unpaired) electrons. The van der Waals surface area contributed by atoms with Crippen LogP contribution >= 0.6 is 11.6 Å². The Hall–Kier alpha value is -2.74. The maximum absolute atomic E-state index is 14.1. The lowest BCUT2D eigenvalue weighted by Crippen LogP contribution is -2.41. The van der Waals surface area contributed by atoms with Crippen LogP contribution in [0.2, 0.25) is 5.02 Å². The molecule has 0 bridgehead atoms. The number of hydrazine groups is 1. The summed E-state index contributed by atoms with van der Waals surface area (Å²) in [6, 6.07) is 18.7. The lowest BCUT2D eigenvalue weighted by atomic mass is 10.0. The quantitative estimate of drug-likeness (QED) is 0.635. The van der Waals surface area contributed by atoms with Crippen molar-refractivity contribution in [3.63, 3.8) is 0 Å². The predicted octanol–water partition coefficient (Wildman–Crippen LogP) is 3.77. The molecule has 2 N–H and O–H groups in total. The SMILES string of the molecule is O=C(NNS(=O)(=O)c1cccc(Cl)c1)c1cc(-c2ccccc2)ccc1F. The normalized spacial score (nSPS) is 11.2. The van der Waals surface area contributed by atoms with Crippen molar-refractivity contribution in [1.29, 1.82) is 0 Å². The first-order chi connectivity index (χ1) is 12.9. The molecule has 1 amide bonds. The molecule has 138 valence electrons. The van der Waals surface area contributed by atoms with E-state index in [1.165, 1.54) is 36.4 Å². The van der Waals surface area contributed by atoms with Crippen molar-refractivity contribution in [2.75, 3.05) is 0 Å². The highest BCUT2D eigenvalue weighted by molar-refractivity contribution is 7.89. The van der Waals surface area contributed by atoms with Gasteiger partial charge in [0.15, 0.2) is 0 Å². The molecule has 0 aromatic heterocycles. The van der Waals surface area contributed by atoms with Gasteiger partial charge in [-0.3, -0.25) is 10.2 Å². The summed E-state index contributed by atoms with van der Waals surface area (Å²) in [7, 11) is -4.05. The third kappa shape index (κ3) is 4.51. The van der Waals surface area contributed by atoms with Crippen LogP contribution in [0.5, 0.6) is 0 Å². The summed E-state index contributed by atoms with van der Waals surface area (Å²) >= 11 is 5.78. The molecule has 0 heterocycles. The smallest absolute Gasteiger partial charge is 0.269 e. The Kier molecular flexibility index (Phi) is 5.55. The molecule has 0 fully saturated rings. The van der Waals surface area contributed by atoms with Crippen LogP contribution in [0.15, 0.2) is 77.7 Å². The lowest BCUT2D eigenvalue weighted by molar-refractivity contribution is 0.0941. The average molecular weight is 405 g/mol. The molecule has 0 spiro atoms. The molecule has 0 saturated carbocycles. The van der Waals surface area contributed by atoms with E-state index < -0.39 is 21.7 Å². The molecule has 3 aromatic carbocycles. The molecule has 5 nitrogen and oxygen atoms in total. The highest BCUT2D eigenvalue weighted by atomic mass is 35.5. The number of carbonyl (C=O) groups excluding carboxylic acids is 1. The van der Waals surface area contributed by atoms with Gasteiger partial charge in [0.25, 0.3) is 15.9 Å². The van der Waals surface area contributed by atoms with Crippen LogP contribution in [0.25, 0.3) is 11.1 Å². The second-order valence-electron chi connectivity index (χ2n) is 5.58. The van der Waals surface area contributed by atoms with Crippen LogP contribution in [0, 0.1) is 5.82 Å². The molecule has 8 heteroatoms. The Balaban J connectivity index is 1.80. The summed E-state index contributed by atoms with van der Waals surface area (Å²) in [6.07, 6.45) is 0. The number of hydrogen-bond acceptors (Lipinski definition) is 3. The van der Waals surface area contributed by atoms with Crippen LogP contribution in [-0.4, -0.2) is 14.3 Å². The monoisotopic (exact) mass is 404 g/mol. The molecule has 0 atom stereocenters. The van der Waals surface area contributed by atoms with Crippen molar-refractivity contribution < 1.29 is 17.6 Å². The second kappa shape index (κ2) is 7.87. The standard InChI is InChI=1S/C19H14ClFN2O3S/c20-15-7-4-8-16(12-15)27(25,26)23-22-19(24)17-11-14(9-10-18(17)21)13-5-2-1-3-6-13/h1-12,23H,(H,22,24). The van der Waals surface area contributed by atoms with Crippen molar-refractivity contribution in [3.8, 4) is 11.1 Å². The van der Waals surface area contributed by atoms with Gasteiger partial charge in [0.2, 0.25) is 0 Å². The maximum Gasteiger partial charge on any atom is 0.269 e. The number of carbonyl (C=O) groups is 1. The van der Waals surface area contributed by atoms with Gasteiger partial charge in [-0.1, -0.05) is 54.1 Å². The fourth-order valence-electron chi connectivity index (χ4n) is 2.38. The van der Waals surface area contributed by atoms with Crippen molar-refractivity contribution in [1.82, 2.24) is 10.3 Å². The average Bonchev–Trinajstić information content (AvgIpc) is 2.67. The highest BCUT2D eigenvalue weighted by Gasteiger charge is 2.18. The van der Waals surface area contributed by atoms with E-state index in [4.69, 9.17) is 11.6 Å². The third-order valence-corrected chi connectivity index (χ3v) is 5.20. The molecule has 0 aliphatic heterocycles. The van der Waals surface area contributed by atoms with Crippen LogP contribution in [0.3, 0.4) is 0 Å². The van der Waals surface area contributed by atoms with Gasteiger partial charge in [0.1, 0.15) is 5.82 Å². The molecule has 0 unspecified atom stereocenters. The van der Waals surface area contributed by atoms with Crippen LogP contribution in [-0.2, 0) is 10.0 Å². The summed E-state index contributed by atoms with van der Waals surface area (Å²) in [5, 5.41) is 0.228. The van der Waals surface area contributed by atoms with Crippen LogP contribution in [0.1, 0.15) is 10.4 Å². The maximum atomic E-state index is 14.1. The first-order valence-corrected chi connectivity index (χ1v) is 9.65. The van der Waals surface area contributed by atoms with Crippen molar-refractivity contribution >= 4 is 27.5 Å². The van der Waals surface area contributed by atoms with Gasteiger partial charge in [-0.2, -0.15) is 0 Å². The minimum atomic E-state index is -4.05. The van der Waals surface area contributed by atoms with E-state index in [1.54, 1.807) is 0 Å². The zero-order valence-electron chi connectivity index (χ0n) is 13.8. The van der Waals surface area contributed by atoms with E-state index in [2.05, 4.69) is 0 Å². The van der Waals surface area contributed by atoms with Crippen LogP contribution in [0.4, 0.5) is 4.39 Å². The molecular weight excluding hydrogens is 391 g/mol. The van der Waals surface area contributed by atoms with Crippen molar-refractivity contribution in [3.05, 3.63) is 89.2 Å². The molecular formula is C19H14ClFN2O3S. The second-order valence-corrected chi connectivity index (χ2v) is 7.70. The molecule has 0 saturated heterocycles. The number of sulfonamides is 1. The molecule has 27 heavy (non-hydrogen) atoms. The van der Waals surface area contributed by atoms with Crippen molar-refractivity contribution in [2.45, 2.75) is 4.90 Å². The van der Waals surface area contributed by atoms with E-state index in [0.717, 1.165) is 11.6 Å². The minimum Gasteiger partial charge on any atom is -0.273 e.